The fourth-order valence-corrected chi connectivity index (χ4v) is 4.04. The number of amidine groups is 1. The first-order valence-corrected chi connectivity index (χ1v) is 10.2. The van der Waals surface area contributed by atoms with E-state index in [4.69, 9.17) is 0 Å². The number of rotatable bonds is 6. The van der Waals surface area contributed by atoms with E-state index >= 15 is 0 Å². The Bertz CT molecular complexity index is 897. The first kappa shape index (κ1) is 21.4. The van der Waals surface area contributed by atoms with Crippen molar-refractivity contribution in [3.63, 3.8) is 0 Å². The number of alkyl halides is 3. The molecular formula is C21H22F3N3OS. The van der Waals surface area contributed by atoms with Gasteiger partial charge in [0.25, 0.3) is 0 Å². The van der Waals surface area contributed by atoms with Crippen LogP contribution in [0.5, 0.6) is 0 Å². The van der Waals surface area contributed by atoms with Crippen LogP contribution in [0, 0.1) is 6.92 Å². The van der Waals surface area contributed by atoms with Gasteiger partial charge in [0.1, 0.15) is 5.25 Å². The van der Waals surface area contributed by atoms with Crippen LogP contribution in [0.25, 0.3) is 0 Å². The van der Waals surface area contributed by atoms with E-state index in [2.05, 4.69) is 15.6 Å². The van der Waals surface area contributed by atoms with E-state index in [9.17, 15) is 18.0 Å². The first-order valence-electron chi connectivity index (χ1n) is 9.30. The molecule has 1 aliphatic rings. The van der Waals surface area contributed by atoms with E-state index in [-0.39, 0.29) is 18.0 Å². The number of amides is 1. The summed E-state index contributed by atoms with van der Waals surface area (Å²) in [6, 6.07) is 12.6. The molecule has 1 fully saturated rings. The van der Waals surface area contributed by atoms with E-state index in [1.165, 1.54) is 23.9 Å². The van der Waals surface area contributed by atoms with Crippen LogP contribution in [0.15, 0.2) is 53.5 Å². The predicted molar refractivity (Wildman–Crippen MR) is 110 cm³/mol. The lowest BCUT2D eigenvalue weighted by Crippen LogP contribution is -2.35. The summed E-state index contributed by atoms with van der Waals surface area (Å²) in [6.07, 6.45) is -3.95. The monoisotopic (exact) mass is 421 g/mol. The number of hydrogen-bond acceptors (Lipinski definition) is 4. The van der Waals surface area contributed by atoms with Crippen molar-refractivity contribution in [1.29, 1.82) is 0 Å². The van der Waals surface area contributed by atoms with Gasteiger partial charge in [-0.15, -0.1) is 0 Å². The van der Waals surface area contributed by atoms with Gasteiger partial charge in [-0.25, -0.2) is 4.99 Å². The minimum Gasteiger partial charge on any atom is -0.308 e. The minimum absolute atomic E-state index is 0.194. The molecule has 1 aliphatic heterocycles. The second-order valence-corrected chi connectivity index (χ2v) is 7.99. The van der Waals surface area contributed by atoms with Crippen LogP contribution in [-0.2, 0) is 11.0 Å². The highest BCUT2D eigenvalue weighted by Gasteiger charge is 2.35. The molecule has 4 nitrogen and oxygen atoms in total. The van der Waals surface area contributed by atoms with Crippen molar-refractivity contribution in [3.8, 4) is 0 Å². The average molecular weight is 421 g/mol. The number of carbonyl (C=O) groups excluding carboxylic acids is 1. The summed E-state index contributed by atoms with van der Waals surface area (Å²) in [6.45, 7) is 4.04. The molecule has 0 bridgehead atoms. The molecule has 8 heteroatoms. The van der Waals surface area contributed by atoms with Gasteiger partial charge in [-0.1, -0.05) is 54.6 Å². The van der Waals surface area contributed by atoms with Crippen molar-refractivity contribution in [2.75, 3.05) is 6.54 Å². The van der Waals surface area contributed by atoms with E-state index in [0.29, 0.717) is 11.6 Å². The number of nitrogens with zero attached hydrogens (tertiary/aromatic N) is 1. The number of carbonyl (C=O) groups is 1. The van der Waals surface area contributed by atoms with Crippen molar-refractivity contribution in [3.05, 3.63) is 65.2 Å². The summed E-state index contributed by atoms with van der Waals surface area (Å²) in [4.78, 5) is 16.7. The zero-order valence-electron chi connectivity index (χ0n) is 16.1. The maximum absolute atomic E-state index is 13.3. The summed E-state index contributed by atoms with van der Waals surface area (Å²) < 4.78 is 40.0. The van der Waals surface area contributed by atoms with Gasteiger partial charge >= 0.3 is 6.18 Å². The lowest BCUT2D eigenvalue weighted by molar-refractivity contribution is -0.138. The van der Waals surface area contributed by atoms with Crippen molar-refractivity contribution in [1.82, 2.24) is 10.6 Å². The number of benzene rings is 2. The van der Waals surface area contributed by atoms with Gasteiger partial charge < -0.3 is 10.6 Å². The van der Waals surface area contributed by atoms with Crippen LogP contribution in [0.1, 0.15) is 36.1 Å². The van der Waals surface area contributed by atoms with Crippen LogP contribution in [0.2, 0.25) is 0 Å². The van der Waals surface area contributed by atoms with Crippen molar-refractivity contribution < 1.29 is 18.0 Å². The molecule has 2 atom stereocenters. The highest BCUT2D eigenvalue weighted by Crippen LogP contribution is 2.35. The highest BCUT2D eigenvalue weighted by atomic mass is 32.2. The SMILES string of the molecule is CCC(NCC1SC(=Nc2ccc(C)cc2)NC1=O)c1ccccc1C(F)(F)F. The Morgan fingerprint density at radius 1 is 1.17 bits per heavy atom. The van der Waals surface area contributed by atoms with Gasteiger partial charge in [0.2, 0.25) is 5.91 Å². The second kappa shape index (κ2) is 9.00. The van der Waals surface area contributed by atoms with Crippen LogP contribution in [0.3, 0.4) is 0 Å². The van der Waals surface area contributed by atoms with Gasteiger partial charge in [0, 0.05) is 12.6 Å². The van der Waals surface area contributed by atoms with Crippen LogP contribution in [-0.4, -0.2) is 22.9 Å². The van der Waals surface area contributed by atoms with Gasteiger partial charge in [-0.05, 0) is 37.1 Å². The smallest absolute Gasteiger partial charge is 0.308 e. The quantitative estimate of drug-likeness (QED) is 0.692. The van der Waals surface area contributed by atoms with E-state index < -0.39 is 23.0 Å². The van der Waals surface area contributed by atoms with Crippen LogP contribution >= 0.6 is 11.8 Å². The summed E-state index contributed by atoms with van der Waals surface area (Å²) in [5, 5.41) is 5.91. The summed E-state index contributed by atoms with van der Waals surface area (Å²) in [5.41, 5.74) is 1.39. The minimum atomic E-state index is -4.42. The van der Waals surface area contributed by atoms with Crippen LogP contribution < -0.4 is 10.6 Å². The third kappa shape index (κ3) is 5.39. The lowest BCUT2D eigenvalue weighted by atomic mass is 9.98. The van der Waals surface area contributed by atoms with Gasteiger partial charge in [-0.3, -0.25) is 4.79 Å². The predicted octanol–water partition coefficient (Wildman–Crippen LogP) is 4.97. The zero-order chi connectivity index (χ0) is 21.0. The summed E-state index contributed by atoms with van der Waals surface area (Å²) in [5.74, 6) is -0.202. The standard InChI is InChI=1S/C21H22F3N3OS/c1-3-17(15-6-4-5-7-16(15)21(22,23)24)25-12-18-19(28)27-20(29-18)26-14-10-8-13(2)9-11-14/h4-11,17-18,25H,3,12H2,1-2H3,(H,26,27,28). The van der Waals surface area contributed by atoms with Crippen LogP contribution in [0.4, 0.5) is 18.9 Å². The van der Waals surface area contributed by atoms with Gasteiger partial charge in [-0.2, -0.15) is 13.2 Å². The highest BCUT2D eigenvalue weighted by molar-refractivity contribution is 8.15. The molecule has 29 heavy (non-hydrogen) atoms. The van der Waals surface area contributed by atoms with Crippen molar-refractivity contribution in [2.24, 2.45) is 4.99 Å². The normalized spacial score (nSPS) is 19.4. The molecule has 2 aromatic rings. The molecule has 0 spiro atoms. The number of nitrogens with one attached hydrogen (secondary N) is 2. The fraction of sp³-hybridized carbons (Fsp3) is 0.333. The molecule has 1 saturated heterocycles. The third-order valence-corrected chi connectivity index (χ3v) is 5.72. The largest absolute Gasteiger partial charge is 0.416 e. The van der Waals surface area contributed by atoms with E-state index in [1.807, 2.05) is 38.1 Å². The Morgan fingerprint density at radius 3 is 2.52 bits per heavy atom. The number of halogens is 3. The number of aliphatic imine (C=N–C) groups is 1. The topological polar surface area (TPSA) is 53.5 Å². The molecule has 1 heterocycles. The number of thioether (sulfide) groups is 1. The molecule has 154 valence electrons. The molecule has 0 aromatic heterocycles. The number of hydrogen-bond donors (Lipinski definition) is 2. The third-order valence-electron chi connectivity index (χ3n) is 4.64. The average Bonchev–Trinajstić information content (AvgIpc) is 3.03. The fourth-order valence-electron chi connectivity index (χ4n) is 3.11. The van der Waals surface area contributed by atoms with Gasteiger partial charge in [0.05, 0.1) is 11.3 Å². The molecule has 2 aromatic carbocycles. The van der Waals surface area contributed by atoms with Gasteiger partial charge in [0.15, 0.2) is 5.17 Å². The Morgan fingerprint density at radius 2 is 1.86 bits per heavy atom. The van der Waals surface area contributed by atoms with E-state index in [1.54, 1.807) is 6.07 Å². The second-order valence-electron chi connectivity index (χ2n) is 6.80. The Balaban J connectivity index is 1.68. The van der Waals surface area contributed by atoms with Crippen molar-refractivity contribution in [2.45, 2.75) is 37.7 Å². The maximum atomic E-state index is 13.3. The lowest BCUT2D eigenvalue weighted by Gasteiger charge is -2.22. The molecule has 0 aliphatic carbocycles. The molecule has 0 saturated carbocycles. The molecule has 1 amide bonds. The Hall–Kier alpha value is -2.32. The van der Waals surface area contributed by atoms with Crippen molar-refractivity contribution >= 4 is 28.5 Å². The molecule has 0 radical (unpaired) electrons. The van der Waals surface area contributed by atoms with E-state index in [0.717, 1.165) is 17.3 Å². The molecular weight excluding hydrogens is 399 g/mol. The molecule has 2 N–H and O–H groups in total. The first-order chi connectivity index (χ1) is 13.8. The Kier molecular flexibility index (Phi) is 6.64. The molecule has 3 rings (SSSR count). The molecule has 2 unspecified atom stereocenters. The summed E-state index contributed by atoms with van der Waals surface area (Å²) >= 11 is 1.28. The zero-order valence-corrected chi connectivity index (χ0v) is 16.9. The Labute approximate surface area is 172 Å². The summed E-state index contributed by atoms with van der Waals surface area (Å²) in [7, 11) is 0. The number of aryl methyl sites for hydroxylation is 1. The maximum Gasteiger partial charge on any atom is 0.416 e.